The Balaban J connectivity index is 2.62. The number of amides is 1. The van der Waals surface area contributed by atoms with Crippen LogP contribution in [0.25, 0.3) is 10.6 Å². The predicted octanol–water partition coefficient (Wildman–Crippen LogP) is 2.78. The second-order valence-corrected chi connectivity index (χ2v) is 6.44. The highest BCUT2D eigenvalue weighted by Crippen LogP contribution is 2.37. The van der Waals surface area contributed by atoms with E-state index < -0.39 is 24.3 Å². The normalized spacial score (nSPS) is 14.1. The molecule has 1 heterocycles. The van der Waals surface area contributed by atoms with Crippen molar-refractivity contribution in [3.63, 3.8) is 0 Å². The fourth-order valence-corrected chi connectivity index (χ4v) is 3.03. The highest BCUT2D eigenvalue weighted by molar-refractivity contribution is 7.13. The first-order chi connectivity index (χ1) is 12.0. The number of carbonyl (C=O) groups is 1. The number of rotatable bonds is 6. The molecule has 2 atom stereocenters. The fourth-order valence-electron chi connectivity index (χ4n) is 2.18. The maximum Gasteiger partial charge on any atom is 0.425 e. The van der Waals surface area contributed by atoms with Gasteiger partial charge in [-0.15, -0.1) is 11.3 Å². The van der Waals surface area contributed by atoms with Crippen molar-refractivity contribution in [2.45, 2.75) is 38.8 Å². The molecule has 1 unspecified atom stereocenters. The number of aliphatic hydroxyl groups is 2. The summed E-state index contributed by atoms with van der Waals surface area (Å²) in [7, 11) is 0. The zero-order valence-electron chi connectivity index (χ0n) is 13.9. The summed E-state index contributed by atoms with van der Waals surface area (Å²) in [5.41, 5.74) is 5.89. The molecular weight excluding hydrogens is 373 g/mol. The summed E-state index contributed by atoms with van der Waals surface area (Å²) in [4.78, 5) is 15.8. The Morgan fingerprint density at radius 3 is 2.50 bits per heavy atom. The Kier molecular flexibility index (Phi) is 5.89. The van der Waals surface area contributed by atoms with Gasteiger partial charge in [-0.3, -0.25) is 4.79 Å². The summed E-state index contributed by atoms with van der Waals surface area (Å²) >= 11 is 1.13. The molecule has 142 valence electrons. The van der Waals surface area contributed by atoms with Gasteiger partial charge in [0, 0.05) is 10.9 Å². The highest BCUT2D eigenvalue weighted by atomic mass is 32.1. The molecule has 0 aliphatic rings. The van der Waals surface area contributed by atoms with Crippen molar-refractivity contribution in [2.75, 3.05) is 0 Å². The lowest BCUT2D eigenvalue weighted by Gasteiger charge is -2.21. The first-order valence-corrected chi connectivity index (χ1v) is 8.37. The highest BCUT2D eigenvalue weighted by Gasteiger charge is 2.38. The number of thiazole rings is 1. The van der Waals surface area contributed by atoms with Gasteiger partial charge in [-0.1, -0.05) is 0 Å². The second kappa shape index (κ2) is 7.60. The van der Waals surface area contributed by atoms with Crippen molar-refractivity contribution in [3.05, 3.63) is 34.3 Å². The molecule has 2 aromatic rings. The van der Waals surface area contributed by atoms with E-state index in [2.05, 4.69) is 4.98 Å². The third kappa shape index (κ3) is 4.32. The maximum absolute atomic E-state index is 12.8. The van der Waals surface area contributed by atoms with Gasteiger partial charge in [0.2, 0.25) is 0 Å². The number of halogens is 3. The van der Waals surface area contributed by atoms with Crippen LogP contribution in [0.4, 0.5) is 13.2 Å². The van der Waals surface area contributed by atoms with Crippen LogP contribution in [-0.4, -0.2) is 33.4 Å². The summed E-state index contributed by atoms with van der Waals surface area (Å²) in [6.45, 7) is 1.93. The molecule has 0 aliphatic carbocycles. The van der Waals surface area contributed by atoms with Gasteiger partial charge in [0.25, 0.3) is 5.91 Å². The van der Waals surface area contributed by atoms with Gasteiger partial charge in [-0.25, -0.2) is 4.98 Å². The molecule has 0 radical (unpaired) electrons. The Labute approximate surface area is 151 Å². The molecule has 0 spiro atoms. The summed E-state index contributed by atoms with van der Waals surface area (Å²) in [5, 5.41) is 21.1. The minimum Gasteiger partial charge on any atom is -0.480 e. The van der Waals surface area contributed by atoms with E-state index in [0.29, 0.717) is 16.3 Å². The van der Waals surface area contributed by atoms with E-state index in [1.165, 1.54) is 19.1 Å². The van der Waals surface area contributed by atoms with Crippen molar-refractivity contribution in [1.82, 2.24) is 4.98 Å². The number of ether oxygens (including phenoxy) is 1. The van der Waals surface area contributed by atoms with Crippen molar-refractivity contribution in [1.29, 1.82) is 0 Å². The van der Waals surface area contributed by atoms with Crippen LogP contribution in [-0.2, 0) is 6.61 Å². The Hall–Kier alpha value is -2.17. The number of nitrogens with zero attached hydrogens (tertiary/aromatic N) is 1. The molecule has 0 fully saturated rings. The van der Waals surface area contributed by atoms with Crippen LogP contribution in [0.15, 0.2) is 17.5 Å². The van der Waals surface area contributed by atoms with Crippen molar-refractivity contribution >= 4 is 17.2 Å². The van der Waals surface area contributed by atoms with Crippen LogP contribution in [0.2, 0.25) is 0 Å². The molecular formula is C16H17F3N2O4S. The largest absolute Gasteiger partial charge is 0.480 e. The zero-order valence-corrected chi connectivity index (χ0v) is 14.7. The number of aromatic nitrogens is 1. The van der Waals surface area contributed by atoms with Gasteiger partial charge in [-0.2, -0.15) is 13.2 Å². The smallest absolute Gasteiger partial charge is 0.425 e. The molecule has 0 saturated carbocycles. The van der Waals surface area contributed by atoms with Crippen molar-refractivity contribution in [2.24, 2.45) is 5.73 Å². The van der Waals surface area contributed by atoms with Crippen LogP contribution in [0.3, 0.4) is 0 Å². The first-order valence-electron chi connectivity index (χ1n) is 7.49. The summed E-state index contributed by atoms with van der Waals surface area (Å²) in [6, 6.07) is 2.39. The number of carbonyl (C=O) groups excluding carboxylic acids is 1. The van der Waals surface area contributed by atoms with Gasteiger partial charge < -0.3 is 20.7 Å². The molecule has 0 aliphatic heterocycles. The van der Waals surface area contributed by atoms with E-state index in [9.17, 15) is 23.1 Å². The van der Waals surface area contributed by atoms with Gasteiger partial charge in [0.15, 0.2) is 6.10 Å². The monoisotopic (exact) mass is 390 g/mol. The van der Waals surface area contributed by atoms with Crippen LogP contribution in [0.1, 0.15) is 41.6 Å². The molecule has 1 aromatic carbocycles. The van der Waals surface area contributed by atoms with Crippen LogP contribution in [0.5, 0.6) is 5.75 Å². The number of benzene rings is 1. The molecule has 26 heavy (non-hydrogen) atoms. The second-order valence-electron chi connectivity index (χ2n) is 5.58. The summed E-state index contributed by atoms with van der Waals surface area (Å²) in [5.74, 6) is -1.35. The van der Waals surface area contributed by atoms with Gasteiger partial charge in [-0.05, 0) is 31.5 Å². The number of aliphatic hydroxyl groups excluding tert-OH is 2. The molecule has 0 bridgehead atoms. The lowest BCUT2D eigenvalue weighted by atomic mass is 9.99. The summed E-state index contributed by atoms with van der Waals surface area (Å²) in [6.07, 6.45) is -7.85. The van der Waals surface area contributed by atoms with Crippen molar-refractivity contribution < 1.29 is 32.9 Å². The number of hydrogen-bond acceptors (Lipinski definition) is 6. The average Bonchev–Trinajstić information content (AvgIpc) is 3.01. The van der Waals surface area contributed by atoms with Gasteiger partial charge in [0.1, 0.15) is 10.8 Å². The first kappa shape index (κ1) is 20.1. The van der Waals surface area contributed by atoms with E-state index in [1.807, 2.05) is 0 Å². The maximum atomic E-state index is 12.8. The lowest BCUT2D eigenvalue weighted by Crippen LogP contribution is -2.32. The third-order valence-corrected chi connectivity index (χ3v) is 4.50. The number of hydrogen-bond donors (Lipinski definition) is 3. The van der Waals surface area contributed by atoms with E-state index in [0.717, 1.165) is 18.3 Å². The van der Waals surface area contributed by atoms with Gasteiger partial charge >= 0.3 is 6.18 Å². The summed E-state index contributed by atoms with van der Waals surface area (Å²) < 4.78 is 43.4. The number of alkyl halides is 3. The topological polar surface area (TPSA) is 106 Å². The molecule has 2 rings (SSSR count). The predicted molar refractivity (Wildman–Crippen MR) is 88.8 cm³/mol. The van der Waals surface area contributed by atoms with E-state index >= 15 is 0 Å². The molecule has 1 amide bonds. The third-order valence-electron chi connectivity index (χ3n) is 3.58. The lowest BCUT2D eigenvalue weighted by molar-refractivity contribution is -0.189. The molecule has 6 nitrogen and oxygen atoms in total. The molecule has 0 saturated heterocycles. The van der Waals surface area contributed by atoms with Crippen molar-refractivity contribution in [3.8, 4) is 16.3 Å². The number of nitrogens with two attached hydrogens (primary N) is 1. The average molecular weight is 390 g/mol. The SMILES string of the molecule is CC(O)c1cc(C(N)=O)c(O[C@@H](C)C(F)(F)F)cc1-c1nc(CO)cs1. The van der Waals surface area contributed by atoms with E-state index in [1.54, 1.807) is 5.38 Å². The Bertz CT molecular complexity index is 805. The van der Waals surface area contributed by atoms with Crippen LogP contribution >= 0.6 is 11.3 Å². The standard InChI is InChI=1S/C16H17F3N2O4S/c1-7(23)10-3-12(14(20)24)13(25-8(2)16(17,18)19)4-11(10)15-21-9(5-22)6-26-15/h3-4,6-8,22-23H,5H2,1-2H3,(H2,20,24)/t7?,8-/m0/s1. The van der Waals surface area contributed by atoms with Crippen LogP contribution in [0, 0.1) is 0 Å². The molecule has 4 N–H and O–H groups in total. The molecule has 10 heteroatoms. The van der Waals surface area contributed by atoms with E-state index in [4.69, 9.17) is 15.6 Å². The van der Waals surface area contributed by atoms with E-state index in [-0.39, 0.29) is 23.5 Å². The number of primary amides is 1. The zero-order chi connectivity index (χ0) is 19.6. The minimum atomic E-state index is -4.64. The quantitative estimate of drug-likeness (QED) is 0.703. The van der Waals surface area contributed by atoms with Crippen LogP contribution < -0.4 is 10.5 Å². The minimum absolute atomic E-state index is 0.254. The van der Waals surface area contributed by atoms with Gasteiger partial charge in [0.05, 0.1) is 24.0 Å². The Morgan fingerprint density at radius 1 is 1.38 bits per heavy atom. The fraction of sp³-hybridized carbons (Fsp3) is 0.375. The molecule has 1 aromatic heterocycles. The Morgan fingerprint density at radius 2 is 2.04 bits per heavy atom.